The molecule has 0 aliphatic carbocycles. The Bertz CT molecular complexity index is 246. The van der Waals surface area contributed by atoms with E-state index < -0.39 is 0 Å². The van der Waals surface area contributed by atoms with Crippen molar-refractivity contribution in [2.45, 2.75) is 26.4 Å². The van der Waals surface area contributed by atoms with E-state index in [0.29, 0.717) is 19.1 Å². The predicted molar refractivity (Wildman–Crippen MR) is 49.2 cm³/mol. The molecule has 1 rings (SSSR count). The number of hydrogen-bond acceptors (Lipinski definition) is 4. The third-order valence-electron chi connectivity index (χ3n) is 1.71. The van der Waals surface area contributed by atoms with Gasteiger partial charge in [0.1, 0.15) is 12.2 Å². The minimum absolute atomic E-state index is 0.149. The fraction of sp³-hybridized carbons (Fsp3) is 0.750. The minimum Gasteiger partial charge on any atom is -0.395 e. The van der Waals surface area contributed by atoms with E-state index in [0.717, 1.165) is 5.82 Å². The number of aliphatic hydroxyl groups excluding tert-OH is 1. The zero-order chi connectivity index (χ0) is 9.68. The SMILES string of the molecule is CC(C)n1ncnc1CNCCO. The molecule has 0 aliphatic heterocycles. The zero-order valence-electron chi connectivity index (χ0n) is 8.06. The summed E-state index contributed by atoms with van der Waals surface area (Å²) in [6.45, 7) is 5.51. The summed E-state index contributed by atoms with van der Waals surface area (Å²) < 4.78 is 1.87. The first-order chi connectivity index (χ1) is 6.25. The Morgan fingerprint density at radius 3 is 3.00 bits per heavy atom. The lowest BCUT2D eigenvalue weighted by Gasteiger charge is -2.09. The number of nitrogens with one attached hydrogen (secondary N) is 1. The first kappa shape index (κ1) is 10.1. The van der Waals surface area contributed by atoms with Crippen LogP contribution in [0.1, 0.15) is 25.7 Å². The first-order valence-corrected chi connectivity index (χ1v) is 4.45. The van der Waals surface area contributed by atoms with Crippen molar-refractivity contribution < 1.29 is 5.11 Å². The monoisotopic (exact) mass is 184 g/mol. The van der Waals surface area contributed by atoms with Crippen LogP contribution in [0.25, 0.3) is 0 Å². The van der Waals surface area contributed by atoms with E-state index in [2.05, 4.69) is 29.2 Å². The molecule has 0 amide bonds. The molecule has 2 N–H and O–H groups in total. The van der Waals surface area contributed by atoms with Crippen molar-refractivity contribution in [2.24, 2.45) is 0 Å². The van der Waals surface area contributed by atoms with Crippen LogP contribution in [0.15, 0.2) is 6.33 Å². The topological polar surface area (TPSA) is 63.0 Å². The van der Waals surface area contributed by atoms with E-state index in [-0.39, 0.29) is 6.61 Å². The van der Waals surface area contributed by atoms with Gasteiger partial charge in [0.15, 0.2) is 0 Å². The molecule has 1 aromatic heterocycles. The van der Waals surface area contributed by atoms with Crippen molar-refractivity contribution in [1.82, 2.24) is 20.1 Å². The van der Waals surface area contributed by atoms with Crippen LogP contribution in [0.3, 0.4) is 0 Å². The second kappa shape index (κ2) is 4.94. The highest BCUT2D eigenvalue weighted by Crippen LogP contribution is 2.04. The van der Waals surface area contributed by atoms with Crippen molar-refractivity contribution in [3.05, 3.63) is 12.2 Å². The molecule has 0 saturated carbocycles. The van der Waals surface area contributed by atoms with Gasteiger partial charge < -0.3 is 10.4 Å². The van der Waals surface area contributed by atoms with Gasteiger partial charge in [0.2, 0.25) is 0 Å². The highest BCUT2D eigenvalue weighted by Gasteiger charge is 2.05. The molecule has 0 spiro atoms. The molecule has 0 unspecified atom stereocenters. The predicted octanol–water partition coefficient (Wildman–Crippen LogP) is -0.0591. The van der Waals surface area contributed by atoms with Gasteiger partial charge in [-0.15, -0.1) is 0 Å². The highest BCUT2D eigenvalue weighted by atomic mass is 16.3. The largest absolute Gasteiger partial charge is 0.395 e. The second-order valence-electron chi connectivity index (χ2n) is 3.11. The molecule has 5 heteroatoms. The first-order valence-electron chi connectivity index (χ1n) is 4.45. The van der Waals surface area contributed by atoms with Crippen LogP contribution in [0, 0.1) is 0 Å². The van der Waals surface area contributed by atoms with Crippen LogP contribution in [0.2, 0.25) is 0 Å². The van der Waals surface area contributed by atoms with E-state index in [1.807, 2.05) is 4.68 Å². The van der Waals surface area contributed by atoms with Gasteiger partial charge in [0.05, 0.1) is 13.2 Å². The maximum absolute atomic E-state index is 8.57. The molecule has 0 aliphatic rings. The lowest BCUT2D eigenvalue weighted by Crippen LogP contribution is -2.21. The summed E-state index contributed by atoms with van der Waals surface area (Å²) in [5, 5.41) is 15.7. The quantitative estimate of drug-likeness (QED) is 0.629. The molecule has 1 heterocycles. The standard InChI is InChI=1S/C8H16N4O/c1-7(2)12-8(10-6-11-12)5-9-3-4-13/h6-7,9,13H,3-5H2,1-2H3. The molecule has 1 aromatic rings. The van der Waals surface area contributed by atoms with Crippen LogP contribution in [0.4, 0.5) is 0 Å². The van der Waals surface area contributed by atoms with E-state index in [1.54, 1.807) is 6.33 Å². The van der Waals surface area contributed by atoms with E-state index in [4.69, 9.17) is 5.11 Å². The summed E-state index contributed by atoms with van der Waals surface area (Å²) in [4.78, 5) is 4.12. The van der Waals surface area contributed by atoms with Crippen molar-refractivity contribution in [2.75, 3.05) is 13.2 Å². The Morgan fingerprint density at radius 2 is 2.38 bits per heavy atom. The van der Waals surface area contributed by atoms with Crippen LogP contribution in [-0.4, -0.2) is 33.0 Å². The summed E-state index contributed by atoms with van der Waals surface area (Å²) in [5.74, 6) is 0.906. The van der Waals surface area contributed by atoms with E-state index in [9.17, 15) is 0 Å². The number of hydrogen-bond donors (Lipinski definition) is 2. The maximum Gasteiger partial charge on any atom is 0.141 e. The molecule has 0 fully saturated rings. The number of rotatable bonds is 5. The van der Waals surface area contributed by atoms with E-state index in [1.165, 1.54) is 0 Å². The fourth-order valence-electron chi connectivity index (χ4n) is 1.11. The Morgan fingerprint density at radius 1 is 1.62 bits per heavy atom. The zero-order valence-corrected chi connectivity index (χ0v) is 8.06. The van der Waals surface area contributed by atoms with Gasteiger partial charge in [0, 0.05) is 12.6 Å². The smallest absolute Gasteiger partial charge is 0.141 e. The van der Waals surface area contributed by atoms with Crippen LogP contribution < -0.4 is 5.32 Å². The minimum atomic E-state index is 0.149. The van der Waals surface area contributed by atoms with Crippen molar-refractivity contribution in [1.29, 1.82) is 0 Å². The van der Waals surface area contributed by atoms with Gasteiger partial charge in [-0.1, -0.05) is 0 Å². The van der Waals surface area contributed by atoms with Crippen molar-refractivity contribution in [3.8, 4) is 0 Å². The maximum atomic E-state index is 8.57. The molecular weight excluding hydrogens is 168 g/mol. The average molecular weight is 184 g/mol. The highest BCUT2D eigenvalue weighted by molar-refractivity contribution is 4.85. The summed E-state index contributed by atoms with van der Waals surface area (Å²) in [5.41, 5.74) is 0. The number of aliphatic hydroxyl groups is 1. The molecule has 74 valence electrons. The molecule has 13 heavy (non-hydrogen) atoms. The molecule has 0 radical (unpaired) electrons. The number of nitrogens with zero attached hydrogens (tertiary/aromatic N) is 3. The normalized spacial score (nSPS) is 11.1. The Balaban J connectivity index is 2.50. The molecule has 0 atom stereocenters. The average Bonchev–Trinajstić information content (AvgIpc) is 2.53. The Kier molecular flexibility index (Phi) is 3.85. The van der Waals surface area contributed by atoms with Gasteiger partial charge >= 0.3 is 0 Å². The lowest BCUT2D eigenvalue weighted by molar-refractivity contribution is 0.290. The van der Waals surface area contributed by atoms with Gasteiger partial charge in [-0.3, -0.25) is 0 Å². The van der Waals surface area contributed by atoms with Gasteiger partial charge in [-0.2, -0.15) is 5.10 Å². The molecule has 0 saturated heterocycles. The van der Waals surface area contributed by atoms with Crippen LogP contribution in [-0.2, 0) is 6.54 Å². The van der Waals surface area contributed by atoms with Crippen LogP contribution >= 0.6 is 0 Å². The van der Waals surface area contributed by atoms with Gasteiger partial charge in [0.25, 0.3) is 0 Å². The summed E-state index contributed by atoms with van der Waals surface area (Å²) >= 11 is 0. The van der Waals surface area contributed by atoms with Crippen molar-refractivity contribution in [3.63, 3.8) is 0 Å². The van der Waals surface area contributed by atoms with Gasteiger partial charge in [-0.05, 0) is 13.8 Å². The lowest BCUT2D eigenvalue weighted by atomic mass is 10.4. The van der Waals surface area contributed by atoms with Gasteiger partial charge in [-0.25, -0.2) is 9.67 Å². The third kappa shape index (κ3) is 2.78. The third-order valence-corrected chi connectivity index (χ3v) is 1.71. The van der Waals surface area contributed by atoms with E-state index >= 15 is 0 Å². The Hall–Kier alpha value is -0.940. The summed E-state index contributed by atoms with van der Waals surface area (Å²) in [7, 11) is 0. The second-order valence-corrected chi connectivity index (χ2v) is 3.11. The molecule has 5 nitrogen and oxygen atoms in total. The van der Waals surface area contributed by atoms with Crippen molar-refractivity contribution >= 4 is 0 Å². The molecule has 0 aromatic carbocycles. The summed E-state index contributed by atoms with van der Waals surface area (Å²) in [6, 6.07) is 0.327. The fourth-order valence-corrected chi connectivity index (χ4v) is 1.11. The molecular formula is C8H16N4O. The van der Waals surface area contributed by atoms with Crippen LogP contribution in [0.5, 0.6) is 0 Å². The summed E-state index contributed by atoms with van der Waals surface area (Å²) in [6.07, 6.45) is 1.55. The Labute approximate surface area is 77.8 Å². The molecule has 0 bridgehead atoms. The number of aromatic nitrogens is 3.